The lowest BCUT2D eigenvalue weighted by Gasteiger charge is -2.09. The van der Waals surface area contributed by atoms with Gasteiger partial charge in [-0.1, -0.05) is 0 Å². The van der Waals surface area contributed by atoms with Crippen LogP contribution in [-0.2, 0) is 11.8 Å². The SMILES string of the molecule is CCOC(=O)c1c(C)nc(-c2cncn2C)nc1N. The van der Waals surface area contributed by atoms with E-state index in [-0.39, 0.29) is 18.0 Å². The van der Waals surface area contributed by atoms with E-state index in [1.165, 1.54) is 0 Å². The van der Waals surface area contributed by atoms with Gasteiger partial charge in [-0.2, -0.15) is 0 Å². The normalized spacial score (nSPS) is 10.5. The first kappa shape index (κ1) is 13.0. The number of aromatic nitrogens is 4. The molecule has 2 N–H and O–H groups in total. The van der Waals surface area contributed by atoms with Crippen LogP contribution in [0.2, 0.25) is 0 Å². The van der Waals surface area contributed by atoms with Crippen LogP contribution in [0, 0.1) is 6.92 Å². The summed E-state index contributed by atoms with van der Waals surface area (Å²) in [7, 11) is 1.83. The van der Waals surface area contributed by atoms with Crippen LogP contribution in [0.3, 0.4) is 0 Å². The number of nitrogens with zero attached hydrogens (tertiary/aromatic N) is 4. The van der Waals surface area contributed by atoms with E-state index in [1.807, 2.05) is 7.05 Å². The number of carbonyl (C=O) groups is 1. The molecule has 0 bridgehead atoms. The Morgan fingerprint density at radius 3 is 2.74 bits per heavy atom. The molecule has 0 aliphatic heterocycles. The van der Waals surface area contributed by atoms with Crippen LogP contribution in [-0.4, -0.2) is 32.1 Å². The lowest BCUT2D eigenvalue weighted by molar-refractivity contribution is 0.0526. The first-order valence-corrected chi connectivity index (χ1v) is 5.82. The minimum Gasteiger partial charge on any atom is -0.462 e. The van der Waals surface area contributed by atoms with Gasteiger partial charge in [0.1, 0.15) is 17.1 Å². The zero-order valence-electron chi connectivity index (χ0n) is 11.0. The maximum atomic E-state index is 11.8. The molecule has 2 heterocycles. The largest absolute Gasteiger partial charge is 0.462 e. The van der Waals surface area contributed by atoms with Crippen molar-refractivity contribution in [1.82, 2.24) is 19.5 Å². The Bertz CT molecular complexity index is 597. The average molecular weight is 261 g/mol. The average Bonchev–Trinajstić information content (AvgIpc) is 2.74. The van der Waals surface area contributed by atoms with Crippen LogP contribution in [0.25, 0.3) is 11.5 Å². The third-order valence-electron chi connectivity index (χ3n) is 2.64. The molecule has 2 aromatic heterocycles. The van der Waals surface area contributed by atoms with Crippen molar-refractivity contribution in [2.24, 2.45) is 7.05 Å². The zero-order chi connectivity index (χ0) is 14.0. The van der Waals surface area contributed by atoms with E-state index in [9.17, 15) is 4.79 Å². The Balaban J connectivity index is 2.48. The standard InChI is InChI=1S/C12H15N5O2/c1-4-19-12(18)9-7(2)15-11(16-10(9)13)8-5-14-6-17(8)3/h5-6H,4H2,1-3H3,(H2,13,15,16). The van der Waals surface area contributed by atoms with Gasteiger partial charge in [0.25, 0.3) is 0 Å². The van der Waals surface area contributed by atoms with Crippen molar-refractivity contribution >= 4 is 11.8 Å². The Labute approximate surface area is 110 Å². The van der Waals surface area contributed by atoms with Gasteiger partial charge in [-0.05, 0) is 13.8 Å². The van der Waals surface area contributed by atoms with Crippen molar-refractivity contribution < 1.29 is 9.53 Å². The van der Waals surface area contributed by atoms with Crippen LogP contribution in [0.5, 0.6) is 0 Å². The molecule has 0 unspecified atom stereocenters. The number of esters is 1. The van der Waals surface area contributed by atoms with E-state index in [1.54, 1.807) is 30.9 Å². The van der Waals surface area contributed by atoms with Gasteiger partial charge < -0.3 is 15.0 Å². The molecule has 0 amide bonds. The molecule has 0 saturated carbocycles. The summed E-state index contributed by atoms with van der Waals surface area (Å²) in [4.78, 5) is 24.2. The molecule has 0 aliphatic rings. The van der Waals surface area contributed by atoms with Crippen molar-refractivity contribution in [2.45, 2.75) is 13.8 Å². The van der Waals surface area contributed by atoms with Gasteiger partial charge in [0, 0.05) is 7.05 Å². The number of hydrogen-bond acceptors (Lipinski definition) is 6. The molecule has 0 spiro atoms. The summed E-state index contributed by atoms with van der Waals surface area (Å²) >= 11 is 0. The fraction of sp³-hybridized carbons (Fsp3) is 0.333. The first-order valence-electron chi connectivity index (χ1n) is 5.82. The molecule has 0 atom stereocenters. The summed E-state index contributed by atoms with van der Waals surface area (Å²) in [5.74, 6) is 0.0410. The van der Waals surface area contributed by atoms with Gasteiger partial charge in [0.05, 0.1) is 24.8 Å². The minimum absolute atomic E-state index is 0.113. The van der Waals surface area contributed by atoms with Crippen LogP contribution >= 0.6 is 0 Å². The number of aryl methyl sites for hydroxylation is 2. The number of hydrogen-bond donors (Lipinski definition) is 1. The third-order valence-corrected chi connectivity index (χ3v) is 2.64. The first-order chi connectivity index (χ1) is 9.04. The Morgan fingerprint density at radius 2 is 2.21 bits per heavy atom. The van der Waals surface area contributed by atoms with Gasteiger partial charge in [0.15, 0.2) is 5.82 Å². The monoisotopic (exact) mass is 261 g/mol. The Hall–Kier alpha value is -2.44. The summed E-state index contributed by atoms with van der Waals surface area (Å²) in [6.45, 7) is 3.71. The maximum absolute atomic E-state index is 11.8. The summed E-state index contributed by atoms with van der Waals surface area (Å²) in [6.07, 6.45) is 3.28. The molecule has 0 aliphatic carbocycles. The molecule has 7 nitrogen and oxygen atoms in total. The third kappa shape index (κ3) is 2.40. The second kappa shape index (κ2) is 5.05. The highest BCUT2D eigenvalue weighted by Crippen LogP contribution is 2.20. The number of ether oxygens (including phenoxy) is 1. The number of anilines is 1. The molecule has 0 saturated heterocycles. The van der Waals surface area contributed by atoms with Crippen LogP contribution in [0.4, 0.5) is 5.82 Å². The predicted octanol–water partition coefficient (Wildman–Crippen LogP) is 0.944. The quantitative estimate of drug-likeness (QED) is 0.826. The Kier molecular flexibility index (Phi) is 3.46. The molecule has 0 radical (unpaired) electrons. The van der Waals surface area contributed by atoms with Crippen molar-refractivity contribution in [3.63, 3.8) is 0 Å². The van der Waals surface area contributed by atoms with E-state index < -0.39 is 5.97 Å². The van der Waals surface area contributed by atoms with Gasteiger partial charge in [-0.15, -0.1) is 0 Å². The van der Waals surface area contributed by atoms with Gasteiger partial charge in [-0.3, -0.25) is 0 Å². The summed E-state index contributed by atoms with van der Waals surface area (Å²) in [5.41, 5.74) is 7.26. The molecular weight excluding hydrogens is 246 g/mol. The molecule has 19 heavy (non-hydrogen) atoms. The smallest absolute Gasteiger partial charge is 0.343 e. The zero-order valence-corrected chi connectivity index (χ0v) is 11.0. The maximum Gasteiger partial charge on any atom is 0.343 e. The second-order valence-electron chi connectivity index (χ2n) is 4.00. The number of carbonyl (C=O) groups excluding carboxylic acids is 1. The van der Waals surface area contributed by atoms with Gasteiger partial charge in [0.2, 0.25) is 0 Å². The number of imidazole rings is 1. The van der Waals surface area contributed by atoms with E-state index in [0.717, 1.165) is 5.69 Å². The van der Waals surface area contributed by atoms with Crippen molar-refractivity contribution in [3.05, 3.63) is 23.8 Å². The number of nitrogens with two attached hydrogens (primary N) is 1. The molecule has 7 heteroatoms. The van der Waals surface area contributed by atoms with Crippen LogP contribution in [0.1, 0.15) is 23.0 Å². The van der Waals surface area contributed by atoms with E-state index in [4.69, 9.17) is 10.5 Å². The molecule has 0 fully saturated rings. The highest BCUT2D eigenvalue weighted by Gasteiger charge is 2.19. The van der Waals surface area contributed by atoms with Crippen molar-refractivity contribution in [2.75, 3.05) is 12.3 Å². The fourth-order valence-electron chi connectivity index (χ4n) is 1.74. The topological polar surface area (TPSA) is 95.9 Å². The van der Waals surface area contributed by atoms with E-state index in [0.29, 0.717) is 11.5 Å². The van der Waals surface area contributed by atoms with Crippen LogP contribution < -0.4 is 5.73 Å². The van der Waals surface area contributed by atoms with E-state index >= 15 is 0 Å². The predicted molar refractivity (Wildman–Crippen MR) is 69.3 cm³/mol. The number of rotatable bonds is 3. The summed E-state index contributed by atoms with van der Waals surface area (Å²) < 4.78 is 6.70. The Morgan fingerprint density at radius 1 is 1.47 bits per heavy atom. The molecular formula is C12H15N5O2. The molecule has 100 valence electrons. The lowest BCUT2D eigenvalue weighted by atomic mass is 10.2. The summed E-state index contributed by atoms with van der Waals surface area (Å²) in [6, 6.07) is 0. The van der Waals surface area contributed by atoms with E-state index in [2.05, 4.69) is 15.0 Å². The van der Waals surface area contributed by atoms with Crippen LogP contribution in [0.15, 0.2) is 12.5 Å². The summed E-state index contributed by atoms with van der Waals surface area (Å²) in [5, 5.41) is 0. The van der Waals surface area contributed by atoms with Gasteiger partial charge in [-0.25, -0.2) is 19.7 Å². The highest BCUT2D eigenvalue weighted by atomic mass is 16.5. The molecule has 2 aromatic rings. The molecule has 0 aromatic carbocycles. The highest BCUT2D eigenvalue weighted by molar-refractivity contribution is 5.95. The lowest BCUT2D eigenvalue weighted by Crippen LogP contribution is -2.14. The van der Waals surface area contributed by atoms with Crippen molar-refractivity contribution in [3.8, 4) is 11.5 Å². The molecule has 2 rings (SSSR count). The fourth-order valence-corrected chi connectivity index (χ4v) is 1.74. The van der Waals surface area contributed by atoms with Gasteiger partial charge >= 0.3 is 5.97 Å². The van der Waals surface area contributed by atoms with Crippen molar-refractivity contribution in [1.29, 1.82) is 0 Å². The minimum atomic E-state index is -0.506. The number of nitrogen functional groups attached to an aromatic ring is 1. The second-order valence-corrected chi connectivity index (χ2v) is 4.00.